The molecular weight excluding hydrogens is 122 g/mol. The summed E-state index contributed by atoms with van der Waals surface area (Å²) in [6, 6.07) is 0.354. The van der Waals surface area contributed by atoms with Gasteiger partial charge in [-0.1, -0.05) is 18.7 Å². The Hall–Kier alpha value is -0.180. The molecule has 1 saturated heterocycles. The van der Waals surface area contributed by atoms with Crippen molar-refractivity contribution in [1.29, 1.82) is 0 Å². The molecule has 3 heteroatoms. The van der Waals surface area contributed by atoms with Crippen molar-refractivity contribution >= 4 is 17.0 Å². The van der Waals surface area contributed by atoms with E-state index in [4.69, 9.17) is 0 Å². The Balaban J connectivity index is 2.51. The van der Waals surface area contributed by atoms with Crippen molar-refractivity contribution in [3.63, 3.8) is 0 Å². The molecule has 0 aromatic carbocycles. The maximum Gasteiger partial charge on any atom is 0.279 e. The predicted octanol–water partition coefficient (Wildman–Crippen LogP) is 1.22. The van der Waals surface area contributed by atoms with E-state index in [0.717, 1.165) is 0 Å². The summed E-state index contributed by atoms with van der Waals surface area (Å²) in [5.41, 5.74) is 0. The molecule has 2 atom stereocenters. The average molecular weight is 131 g/mol. The second-order valence-electron chi connectivity index (χ2n) is 2.04. The van der Waals surface area contributed by atoms with E-state index in [0.29, 0.717) is 11.3 Å². The molecule has 1 aliphatic heterocycles. The standard InChI is InChI=1S/C5H9NOS/c1-3-4(2)8-5(7)6-3/h3-4H,1-2H3,(H,6,7)/t3-,4-/m0/s1. The van der Waals surface area contributed by atoms with Gasteiger partial charge in [0.25, 0.3) is 5.24 Å². The summed E-state index contributed by atoms with van der Waals surface area (Å²) in [6.07, 6.45) is 0. The molecule has 46 valence electrons. The van der Waals surface area contributed by atoms with Crippen molar-refractivity contribution in [2.24, 2.45) is 0 Å². The normalized spacial score (nSPS) is 37.5. The molecule has 1 fully saturated rings. The van der Waals surface area contributed by atoms with Crippen LogP contribution in [0.1, 0.15) is 13.8 Å². The molecule has 1 rings (SSSR count). The second-order valence-corrected chi connectivity index (χ2v) is 3.39. The molecule has 1 N–H and O–H groups in total. The van der Waals surface area contributed by atoms with Crippen LogP contribution in [0.15, 0.2) is 0 Å². The van der Waals surface area contributed by atoms with Crippen LogP contribution >= 0.6 is 11.8 Å². The number of rotatable bonds is 0. The number of hydrogen-bond donors (Lipinski definition) is 1. The van der Waals surface area contributed by atoms with Gasteiger partial charge in [0, 0.05) is 11.3 Å². The Kier molecular flexibility index (Phi) is 1.47. The van der Waals surface area contributed by atoms with Gasteiger partial charge < -0.3 is 5.32 Å². The van der Waals surface area contributed by atoms with E-state index in [1.54, 1.807) is 0 Å². The quantitative estimate of drug-likeness (QED) is 0.535. The van der Waals surface area contributed by atoms with Gasteiger partial charge in [-0.25, -0.2) is 0 Å². The van der Waals surface area contributed by atoms with E-state index in [9.17, 15) is 4.79 Å². The maximum absolute atomic E-state index is 10.5. The van der Waals surface area contributed by atoms with Crippen LogP contribution in [0.4, 0.5) is 4.79 Å². The Labute approximate surface area is 53.0 Å². The first-order valence-corrected chi connectivity index (χ1v) is 3.55. The molecule has 0 bridgehead atoms. The SMILES string of the molecule is C[C@@H]1NC(=O)S[C@H]1C. The first-order valence-electron chi connectivity index (χ1n) is 2.67. The summed E-state index contributed by atoms with van der Waals surface area (Å²) < 4.78 is 0. The molecule has 0 aliphatic carbocycles. The summed E-state index contributed by atoms with van der Waals surface area (Å²) in [5.74, 6) is 0. The summed E-state index contributed by atoms with van der Waals surface area (Å²) in [5, 5.41) is 3.35. The van der Waals surface area contributed by atoms with Crippen molar-refractivity contribution in [1.82, 2.24) is 5.32 Å². The zero-order valence-corrected chi connectivity index (χ0v) is 5.79. The first-order chi connectivity index (χ1) is 3.70. The van der Waals surface area contributed by atoms with Crippen LogP contribution < -0.4 is 5.32 Å². The summed E-state index contributed by atoms with van der Waals surface area (Å²) >= 11 is 1.38. The van der Waals surface area contributed by atoms with Gasteiger partial charge in [-0.3, -0.25) is 4.79 Å². The highest BCUT2D eigenvalue weighted by atomic mass is 32.2. The second kappa shape index (κ2) is 1.97. The van der Waals surface area contributed by atoms with Crippen LogP contribution in [-0.2, 0) is 0 Å². The van der Waals surface area contributed by atoms with E-state index in [1.165, 1.54) is 11.8 Å². The molecule has 0 radical (unpaired) electrons. The van der Waals surface area contributed by atoms with Crippen LogP contribution in [0.2, 0.25) is 0 Å². The largest absolute Gasteiger partial charge is 0.343 e. The third kappa shape index (κ3) is 0.968. The molecule has 0 aromatic rings. The van der Waals surface area contributed by atoms with Gasteiger partial charge >= 0.3 is 0 Å². The van der Waals surface area contributed by atoms with Gasteiger partial charge in [0.1, 0.15) is 0 Å². The number of amides is 1. The lowest BCUT2D eigenvalue weighted by Gasteiger charge is -2.03. The van der Waals surface area contributed by atoms with Gasteiger partial charge in [0.15, 0.2) is 0 Å². The van der Waals surface area contributed by atoms with Crippen molar-refractivity contribution < 1.29 is 4.79 Å². The molecule has 0 saturated carbocycles. The minimum atomic E-state index is 0.116. The highest BCUT2D eigenvalue weighted by molar-refractivity contribution is 8.14. The smallest absolute Gasteiger partial charge is 0.279 e. The van der Waals surface area contributed by atoms with E-state index in [-0.39, 0.29) is 5.24 Å². The number of thioether (sulfide) groups is 1. The molecule has 0 spiro atoms. The van der Waals surface area contributed by atoms with Gasteiger partial charge in [-0.15, -0.1) is 0 Å². The van der Waals surface area contributed by atoms with Crippen molar-refractivity contribution in [3.8, 4) is 0 Å². The number of hydrogen-bond acceptors (Lipinski definition) is 2. The van der Waals surface area contributed by atoms with Crippen LogP contribution in [0.25, 0.3) is 0 Å². The lowest BCUT2D eigenvalue weighted by Crippen LogP contribution is -2.25. The van der Waals surface area contributed by atoms with Crippen LogP contribution in [0, 0.1) is 0 Å². The zero-order valence-electron chi connectivity index (χ0n) is 4.97. The first kappa shape index (κ1) is 5.95. The Morgan fingerprint density at radius 1 is 1.62 bits per heavy atom. The predicted molar refractivity (Wildman–Crippen MR) is 35.0 cm³/mol. The topological polar surface area (TPSA) is 29.1 Å². The minimum absolute atomic E-state index is 0.116. The third-order valence-corrected chi connectivity index (χ3v) is 2.45. The van der Waals surface area contributed by atoms with Crippen molar-refractivity contribution in [3.05, 3.63) is 0 Å². The van der Waals surface area contributed by atoms with E-state index in [1.807, 2.05) is 13.8 Å². The van der Waals surface area contributed by atoms with Gasteiger partial charge in [-0.2, -0.15) is 0 Å². The summed E-state index contributed by atoms with van der Waals surface area (Å²) in [4.78, 5) is 10.5. The van der Waals surface area contributed by atoms with E-state index in [2.05, 4.69) is 5.32 Å². The summed E-state index contributed by atoms with van der Waals surface area (Å²) in [6.45, 7) is 4.07. The fraction of sp³-hybridized carbons (Fsp3) is 0.800. The van der Waals surface area contributed by atoms with Crippen molar-refractivity contribution in [2.45, 2.75) is 25.1 Å². The van der Waals surface area contributed by atoms with Crippen LogP contribution in [0.3, 0.4) is 0 Å². The van der Waals surface area contributed by atoms with Gasteiger partial charge in [0.2, 0.25) is 0 Å². The maximum atomic E-state index is 10.5. The van der Waals surface area contributed by atoms with Gasteiger partial charge in [0.05, 0.1) is 0 Å². The monoisotopic (exact) mass is 131 g/mol. The zero-order chi connectivity index (χ0) is 6.15. The van der Waals surface area contributed by atoms with E-state index < -0.39 is 0 Å². The van der Waals surface area contributed by atoms with Crippen LogP contribution in [0.5, 0.6) is 0 Å². The Morgan fingerprint density at radius 2 is 2.25 bits per heavy atom. The minimum Gasteiger partial charge on any atom is -0.343 e. The Morgan fingerprint density at radius 3 is 2.38 bits per heavy atom. The Bertz CT molecular complexity index is 103. The molecule has 2 nitrogen and oxygen atoms in total. The molecule has 0 aromatic heterocycles. The lowest BCUT2D eigenvalue weighted by molar-refractivity contribution is 0.260. The number of nitrogens with one attached hydrogen (secondary N) is 1. The molecule has 0 unspecified atom stereocenters. The molecule has 1 heterocycles. The third-order valence-electron chi connectivity index (χ3n) is 1.34. The molecule has 8 heavy (non-hydrogen) atoms. The molecule has 1 aliphatic rings. The number of carbonyl (C=O) groups is 1. The summed E-state index contributed by atoms with van der Waals surface area (Å²) in [7, 11) is 0. The van der Waals surface area contributed by atoms with Gasteiger partial charge in [-0.05, 0) is 6.92 Å². The number of carbonyl (C=O) groups excluding carboxylic acids is 1. The fourth-order valence-electron chi connectivity index (χ4n) is 0.608. The lowest BCUT2D eigenvalue weighted by atomic mass is 10.3. The molecular formula is C5H9NOS. The average Bonchev–Trinajstić information content (AvgIpc) is 1.85. The fourth-order valence-corrected chi connectivity index (χ4v) is 1.47. The molecule has 1 amide bonds. The van der Waals surface area contributed by atoms with Crippen LogP contribution in [-0.4, -0.2) is 16.5 Å². The van der Waals surface area contributed by atoms with E-state index >= 15 is 0 Å². The highest BCUT2D eigenvalue weighted by Gasteiger charge is 2.25. The van der Waals surface area contributed by atoms with Crippen molar-refractivity contribution in [2.75, 3.05) is 0 Å². The highest BCUT2D eigenvalue weighted by Crippen LogP contribution is 2.21.